The molecular weight excluding hydrogens is 314 g/mol. The fraction of sp³-hybridized carbons (Fsp3) is 0.300. The maximum atomic E-state index is 12.4. The highest BCUT2D eigenvalue weighted by Crippen LogP contribution is 2.37. The molecule has 0 spiro atoms. The Balaban J connectivity index is 2.26. The predicted molar refractivity (Wildman–Crippen MR) is 100 cm³/mol. The lowest BCUT2D eigenvalue weighted by Crippen LogP contribution is -2.31. The number of carbonyl (C=O) groups is 1. The number of fused-ring (bicyclic) bond motifs is 1. The number of para-hydroxylation sites is 1. The summed E-state index contributed by atoms with van der Waals surface area (Å²) in [7, 11) is 1.65. The number of anilines is 1. The fourth-order valence-electron chi connectivity index (χ4n) is 2.99. The highest BCUT2D eigenvalue weighted by atomic mass is 16.5. The number of hydrogen-bond acceptors (Lipinski definition) is 3. The van der Waals surface area contributed by atoms with Crippen LogP contribution in [-0.2, 0) is 4.79 Å². The zero-order valence-electron chi connectivity index (χ0n) is 14.9. The summed E-state index contributed by atoms with van der Waals surface area (Å²) in [6, 6.07) is 13.6. The molecule has 1 aromatic carbocycles. The standard InChI is InChI=1S/C20H23N3O2/c1-4-5-13-22(15(2)24)20-19(16-10-6-7-11-17(16)25-3)21-18-12-8-9-14-23(18)20/h6-12,14H,4-5,13H2,1-3H3. The largest absolute Gasteiger partial charge is 0.496 e. The van der Waals surface area contributed by atoms with Crippen molar-refractivity contribution in [3.8, 4) is 17.0 Å². The number of pyridine rings is 1. The maximum absolute atomic E-state index is 12.4. The van der Waals surface area contributed by atoms with Crippen molar-refractivity contribution in [1.29, 1.82) is 0 Å². The second kappa shape index (κ2) is 7.38. The molecule has 0 unspecified atom stereocenters. The van der Waals surface area contributed by atoms with Gasteiger partial charge >= 0.3 is 0 Å². The molecule has 130 valence electrons. The number of aromatic nitrogens is 2. The molecule has 0 bridgehead atoms. The molecule has 0 radical (unpaired) electrons. The van der Waals surface area contributed by atoms with E-state index in [0.29, 0.717) is 6.54 Å². The zero-order valence-corrected chi connectivity index (χ0v) is 14.9. The smallest absolute Gasteiger partial charge is 0.225 e. The highest BCUT2D eigenvalue weighted by molar-refractivity contribution is 5.96. The van der Waals surface area contributed by atoms with Crippen molar-refractivity contribution in [2.75, 3.05) is 18.6 Å². The number of benzene rings is 1. The third-order valence-electron chi connectivity index (χ3n) is 4.24. The van der Waals surface area contributed by atoms with Crippen molar-refractivity contribution in [1.82, 2.24) is 9.38 Å². The minimum Gasteiger partial charge on any atom is -0.496 e. The lowest BCUT2D eigenvalue weighted by atomic mass is 10.1. The molecule has 0 atom stereocenters. The van der Waals surface area contributed by atoms with Gasteiger partial charge in [0.2, 0.25) is 5.91 Å². The van der Waals surface area contributed by atoms with Gasteiger partial charge in [-0.25, -0.2) is 4.98 Å². The van der Waals surface area contributed by atoms with Crippen LogP contribution in [0.25, 0.3) is 16.9 Å². The molecule has 3 rings (SSSR count). The Labute approximate surface area is 147 Å². The quantitative estimate of drug-likeness (QED) is 0.678. The number of imidazole rings is 1. The molecule has 3 aromatic rings. The number of ether oxygens (including phenoxy) is 1. The van der Waals surface area contributed by atoms with Crippen molar-refractivity contribution >= 4 is 17.4 Å². The number of methoxy groups -OCH3 is 1. The average molecular weight is 337 g/mol. The molecule has 0 saturated carbocycles. The Bertz CT molecular complexity index is 886. The molecule has 1 amide bonds. The molecule has 0 aliphatic heterocycles. The van der Waals surface area contributed by atoms with Gasteiger partial charge in [0.1, 0.15) is 22.9 Å². The third kappa shape index (κ3) is 3.22. The van der Waals surface area contributed by atoms with Crippen LogP contribution < -0.4 is 9.64 Å². The van der Waals surface area contributed by atoms with E-state index in [0.717, 1.165) is 41.3 Å². The Morgan fingerprint density at radius 1 is 1.20 bits per heavy atom. The number of hydrogen-bond donors (Lipinski definition) is 0. The van der Waals surface area contributed by atoms with E-state index < -0.39 is 0 Å². The summed E-state index contributed by atoms with van der Waals surface area (Å²) in [6.45, 7) is 4.38. The molecule has 0 aliphatic carbocycles. The predicted octanol–water partition coefficient (Wildman–Crippen LogP) is 4.16. The first-order valence-electron chi connectivity index (χ1n) is 8.56. The molecular formula is C20H23N3O2. The van der Waals surface area contributed by atoms with E-state index in [1.807, 2.05) is 58.0 Å². The number of nitrogens with zero attached hydrogens (tertiary/aromatic N) is 3. The molecule has 5 nitrogen and oxygen atoms in total. The lowest BCUT2D eigenvalue weighted by molar-refractivity contribution is -0.116. The number of carbonyl (C=O) groups excluding carboxylic acids is 1. The van der Waals surface area contributed by atoms with Gasteiger partial charge in [-0.05, 0) is 30.7 Å². The molecule has 25 heavy (non-hydrogen) atoms. The average Bonchev–Trinajstić information content (AvgIpc) is 3.01. The van der Waals surface area contributed by atoms with Gasteiger partial charge in [-0.3, -0.25) is 14.1 Å². The Morgan fingerprint density at radius 3 is 2.68 bits per heavy atom. The van der Waals surface area contributed by atoms with Crippen molar-refractivity contribution in [2.45, 2.75) is 26.7 Å². The van der Waals surface area contributed by atoms with Crippen LogP contribution in [0.15, 0.2) is 48.7 Å². The third-order valence-corrected chi connectivity index (χ3v) is 4.24. The topological polar surface area (TPSA) is 46.8 Å². The first-order chi connectivity index (χ1) is 12.2. The van der Waals surface area contributed by atoms with Crippen LogP contribution in [0.5, 0.6) is 5.75 Å². The van der Waals surface area contributed by atoms with Gasteiger partial charge in [0, 0.05) is 25.2 Å². The van der Waals surface area contributed by atoms with E-state index >= 15 is 0 Å². The van der Waals surface area contributed by atoms with Gasteiger partial charge in [-0.1, -0.05) is 31.5 Å². The van der Waals surface area contributed by atoms with Crippen LogP contribution >= 0.6 is 0 Å². The van der Waals surface area contributed by atoms with Gasteiger partial charge in [0.15, 0.2) is 0 Å². The normalized spacial score (nSPS) is 10.8. The van der Waals surface area contributed by atoms with Gasteiger partial charge in [0.05, 0.1) is 7.11 Å². The van der Waals surface area contributed by atoms with Crippen LogP contribution in [0.4, 0.5) is 5.82 Å². The van der Waals surface area contributed by atoms with Crippen LogP contribution in [-0.4, -0.2) is 28.9 Å². The number of unbranched alkanes of at least 4 members (excludes halogenated alkanes) is 1. The van der Waals surface area contributed by atoms with Crippen LogP contribution in [0, 0.1) is 0 Å². The first kappa shape index (κ1) is 17.0. The van der Waals surface area contributed by atoms with Crippen molar-refractivity contribution in [2.24, 2.45) is 0 Å². The van der Waals surface area contributed by atoms with Gasteiger partial charge in [-0.2, -0.15) is 0 Å². The molecule has 0 aliphatic rings. The van der Waals surface area contributed by atoms with Crippen LogP contribution in [0.1, 0.15) is 26.7 Å². The molecule has 0 saturated heterocycles. The summed E-state index contributed by atoms with van der Waals surface area (Å²) in [5, 5.41) is 0. The van der Waals surface area contributed by atoms with E-state index in [2.05, 4.69) is 6.92 Å². The van der Waals surface area contributed by atoms with Gasteiger partial charge in [0.25, 0.3) is 0 Å². The monoisotopic (exact) mass is 337 g/mol. The van der Waals surface area contributed by atoms with Crippen LogP contribution in [0.2, 0.25) is 0 Å². The first-order valence-corrected chi connectivity index (χ1v) is 8.56. The SMILES string of the molecule is CCCCN(C(C)=O)c1c(-c2ccccc2OC)nc2ccccn12. The zero-order chi connectivity index (χ0) is 17.8. The van der Waals surface area contributed by atoms with Crippen LogP contribution in [0.3, 0.4) is 0 Å². The van der Waals surface area contributed by atoms with E-state index in [4.69, 9.17) is 9.72 Å². The van der Waals surface area contributed by atoms with E-state index in [1.165, 1.54) is 0 Å². The second-order valence-electron chi connectivity index (χ2n) is 5.94. The van der Waals surface area contributed by atoms with E-state index in [-0.39, 0.29) is 5.91 Å². The van der Waals surface area contributed by atoms with E-state index in [9.17, 15) is 4.79 Å². The second-order valence-corrected chi connectivity index (χ2v) is 5.94. The summed E-state index contributed by atoms with van der Waals surface area (Å²) in [6.07, 6.45) is 3.90. The minimum atomic E-state index is 0.00949. The van der Waals surface area contributed by atoms with E-state index in [1.54, 1.807) is 14.0 Å². The summed E-state index contributed by atoms with van der Waals surface area (Å²) in [5.41, 5.74) is 2.45. The molecule has 0 N–H and O–H groups in total. The maximum Gasteiger partial charge on any atom is 0.225 e. The summed E-state index contributed by atoms with van der Waals surface area (Å²) in [4.78, 5) is 19.0. The minimum absolute atomic E-state index is 0.00949. The summed E-state index contributed by atoms with van der Waals surface area (Å²) in [5.74, 6) is 1.54. The lowest BCUT2D eigenvalue weighted by Gasteiger charge is -2.22. The van der Waals surface area contributed by atoms with Crippen molar-refractivity contribution in [3.63, 3.8) is 0 Å². The van der Waals surface area contributed by atoms with Gasteiger partial charge < -0.3 is 4.74 Å². The molecule has 2 heterocycles. The Morgan fingerprint density at radius 2 is 1.96 bits per heavy atom. The van der Waals surface area contributed by atoms with Crippen molar-refractivity contribution in [3.05, 3.63) is 48.7 Å². The fourth-order valence-corrected chi connectivity index (χ4v) is 2.99. The molecule has 0 fully saturated rings. The highest BCUT2D eigenvalue weighted by Gasteiger charge is 2.24. The van der Waals surface area contributed by atoms with Gasteiger partial charge in [-0.15, -0.1) is 0 Å². The summed E-state index contributed by atoms with van der Waals surface area (Å²) < 4.78 is 7.49. The summed E-state index contributed by atoms with van der Waals surface area (Å²) >= 11 is 0. The molecule has 2 aromatic heterocycles. The Kier molecular flexibility index (Phi) is 5.03. The Hall–Kier alpha value is -2.82. The number of amides is 1. The number of rotatable bonds is 6. The van der Waals surface area contributed by atoms with Crippen molar-refractivity contribution < 1.29 is 9.53 Å². The molecule has 5 heteroatoms.